The minimum absolute atomic E-state index is 0.160. The molecule has 3 nitrogen and oxygen atoms in total. The van der Waals surface area contributed by atoms with Crippen molar-refractivity contribution in [3.8, 4) is 0 Å². The Hall–Kier alpha value is -2.03. The molecule has 0 aromatic heterocycles. The first-order chi connectivity index (χ1) is 8.22. The number of fused-ring (bicyclic) bond motifs is 1. The fourth-order valence-electron chi connectivity index (χ4n) is 1.87. The Kier molecular flexibility index (Phi) is 3.28. The summed E-state index contributed by atoms with van der Waals surface area (Å²) in [7, 11) is 0. The third kappa shape index (κ3) is 2.38. The first kappa shape index (κ1) is 11.5. The summed E-state index contributed by atoms with van der Waals surface area (Å²) in [6.07, 6.45) is 1.64. The zero-order chi connectivity index (χ0) is 12.3. The van der Waals surface area contributed by atoms with Gasteiger partial charge in [-0.3, -0.25) is 0 Å². The van der Waals surface area contributed by atoms with Gasteiger partial charge in [0.2, 0.25) is 0 Å². The topological polar surface area (TPSA) is 35.5 Å². The van der Waals surface area contributed by atoms with Gasteiger partial charge in [-0.15, -0.1) is 0 Å². The molecule has 0 N–H and O–H groups in total. The lowest BCUT2D eigenvalue weighted by Crippen LogP contribution is -2.06. The summed E-state index contributed by atoms with van der Waals surface area (Å²) in [6.45, 7) is 5.58. The van der Waals surface area contributed by atoms with Crippen LogP contribution in [0.1, 0.15) is 18.1 Å². The standard InChI is InChI=1S/C14H14O3/c1-3-8-16-14(15)17-13-10(2)9-11-6-4-5-7-12(11)13/h3-7H,1,8-9H2,2H3. The molecule has 1 aromatic carbocycles. The van der Waals surface area contributed by atoms with E-state index in [-0.39, 0.29) is 6.61 Å². The van der Waals surface area contributed by atoms with Crippen LogP contribution in [0.4, 0.5) is 4.79 Å². The highest BCUT2D eigenvalue weighted by Gasteiger charge is 2.22. The minimum atomic E-state index is -0.684. The first-order valence-corrected chi connectivity index (χ1v) is 5.46. The van der Waals surface area contributed by atoms with Crippen LogP contribution in [0.25, 0.3) is 5.76 Å². The number of ether oxygens (including phenoxy) is 2. The van der Waals surface area contributed by atoms with Gasteiger partial charge < -0.3 is 9.47 Å². The Labute approximate surface area is 100 Å². The van der Waals surface area contributed by atoms with E-state index in [1.807, 2.05) is 31.2 Å². The predicted octanol–water partition coefficient (Wildman–Crippen LogP) is 3.31. The van der Waals surface area contributed by atoms with Crippen LogP contribution in [-0.2, 0) is 15.9 Å². The molecule has 1 aliphatic rings. The summed E-state index contributed by atoms with van der Waals surface area (Å²) in [6, 6.07) is 7.88. The number of carbonyl (C=O) groups is 1. The van der Waals surface area contributed by atoms with Crippen molar-refractivity contribution in [3.05, 3.63) is 53.6 Å². The van der Waals surface area contributed by atoms with Crippen molar-refractivity contribution < 1.29 is 14.3 Å². The van der Waals surface area contributed by atoms with Gasteiger partial charge >= 0.3 is 6.16 Å². The molecule has 0 fully saturated rings. The van der Waals surface area contributed by atoms with E-state index in [0.29, 0.717) is 5.76 Å². The second-order valence-electron chi connectivity index (χ2n) is 3.90. The summed E-state index contributed by atoms with van der Waals surface area (Å²) in [4.78, 5) is 11.4. The monoisotopic (exact) mass is 230 g/mol. The van der Waals surface area contributed by atoms with Crippen LogP contribution in [0, 0.1) is 0 Å². The molecule has 88 valence electrons. The second kappa shape index (κ2) is 4.87. The molecule has 1 aromatic rings. The van der Waals surface area contributed by atoms with Crippen molar-refractivity contribution in [1.82, 2.24) is 0 Å². The summed E-state index contributed by atoms with van der Waals surface area (Å²) in [5, 5.41) is 0. The smallest absolute Gasteiger partial charge is 0.430 e. The van der Waals surface area contributed by atoms with Gasteiger partial charge in [0.25, 0.3) is 0 Å². The number of hydrogen-bond donors (Lipinski definition) is 0. The quantitative estimate of drug-likeness (QED) is 0.590. The number of allylic oxidation sites excluding steroid dienone is 1. The normalized spacial score (nSPS) is 13.2. The van der Waals surface area contributed by atoms with Crippen molar-refractivity contribution in [3.63, 3.8) is 0 Å². The lowest BCUT2D eigenvalue weighted by Gasteiger charge is -2.07. The lowest BCUT2D eigenvalue weighted by molar-refractivity contribution is 0.100. The second-order valence-corrected chi connectivity index (χ2v) is 3.90. The SMILES string of the molecule is C=CCOC(=O)OC1=C(C)Cc2ccccc21. The number of hydrogen-bond acceptors (Lipinski definition) is 3. The molecule has 0 spiro atoms. The first-order valence-electron chi connectivity index (χ1n) is 5.46. The van der Waals surface area contributed by atoms with Crippen LogP contribution in [0.3, 0.4) is 0 Å². The van der Waals surface area contributed by atoms with Crippen LogP contribution in [-0.4, -0.2) is 12.8 Å². The Balaban J connectivity index is 2.13. The molecule has 3 heteroatoms. The molecule has 2 rings (SSSR count). The van der Waals surface area contributed by atoms with E-state index < -0.39 is 6.16 Å². The molecular formula is C14H14O3. The molecule has 0 saturated heterocycles. The zero-order valence-electron chi connectivity index (χ0n) is 9.73. The van der Waals surface area contributed by atoms with Gasteiger partial charge in [0, 0.05) is 5.56 Å². The Bertz CT molecular complexity index is 486. The van der Waals surface area contributed by atoms with Gasteiger partial charge in [-0.05, 0) is 24.5 Å². The van der Waals surface area contributed by atoms with E-state index >= 15 is 0 Å². The molecule has 0 unspecified atom stereocenters. The van der Waals surface area contributed by atoms with Gasteiger partial charge in [-0.1, -0.05) is 36.9 Å². The number of benzene rings is 1. The fraction of sp³-hybridized carbons (Fsp3) is 0.214. The van der Waals surface area contributed by atoms with Crippen molar-refractivity contribution in [1.29, 1.82) is 0 Å². The third-order valence-corrected chi connectivity index (χ3v) is 2.61. The largest absolute Gasteiger partial charge is 0.514 e. The van der Waals surface area contributed by atoms with Crippen molar-refractivity contribution in [2.24, 2.45) is 0 Å². The maximum Gasteiger partial charge on any atom is 0.514 e. The van der Waals surface area contributed by atoms with E-state index in [0.717, 1.165) is 17.6 Å². The molecule has 0 heterocycles. The van der Waals surface area contributed by atoms with E-state index in [2.05, 4.69) is 6.58 Å². The van der Waals surface area contributed by atoms with E-state index in [1.165, 1.54) is 11.6 Å². The van der Waals surface area contributed by atoms with Crippen LogP contribution < -0.4 is 0 Å². The summed E-state index contributed by atoms with van der Waals surface area (Å²) < 4.78 is 10.0. The number of rotatable bonds is 3. The van der Waals surface area contributed by atoms with Gasteiger partial charge in [0.1, 0.15) is 12.4 Å². The van der Waals surface area contributed by atoms with Gasteiger partial charge in [0.15, 0.2) is 0 Å². The summed E-state index contributed by atoms with van der Waals surface area (Å²) >= 11 is 0. The fourth-order valence-corrected chi connectivity index (χ4v) is 1.87. The Morgan fingerprint density at radius 2 is 2.24 bits per heavy atom. The zero-order valence-corrected chi connectivity index (χ0v) is 9.73. The van der Waals surface area contributed by atoms with Crippen molar-refractivity contribution in [2.45, 2.75) is 13.3 Å². The average Bonchev–Trinajstić information content (AvgIpc) is 2.64. The van der Waals surface area contributed by atoms with Crippen LogP contribution >= 0.6 is 0 Å². The van der Waals surface area contributed by atoms with Crippen molar-refractivity contribution >= 4 is 11.9 Å². The molecule has 0 aliphatic heterocycles. The van der Waals surface area contributed by atoms with Gasteiger partial charge in [-0.2, -0.15) is 0 Å². The maximum atomic E-state index is 11.4. The lowest BCUT2D eigenvalue weighted by atomic mass is 10.1. The van der Waals surface area contributed by atoms with Crippen LogP contribution in [0.5, 0.6) is 0 Å². The number of carbonyl (C=O) groups excluding carboxylic acids is 1. The van der Waals surface area contributed by atoms with E-state index in [1.54, 1.807) is 0 Å². The highest BCUT2D eigenvalue weighted by molar-refractivity contribution is 5.78. The highest BCUT2D eigenvalue weighted by atomic mass is 16.7. The third-order valence-electron chi connectivity index (χ3n) is 2.61. The molecule has 0 radical (unpaired) electrons. The molecule has 0 saturated carbocycles. The Morgan fingerprint density at radius 1 is 1.47 bits per heavy atom. The molecule has 0 atom stereocenters. The van der Waals surface area contributed by atoms with Gasteiger partial charge in [-0.25, -0.2) is 4.79 Å². The molecule has 17 heavy (non-hydrogen) atoms. The Morgan fingerprint density at radius 3 is 3.00 bits per heavy atom. The van der Waals surface area contributed by atoms with E-state index in [9.17, 15) is 4.79 Å². The highest BCUT2D eigenvalue weighted by Crippen LogP contribution is 2.33. The van der Waals surface area contributed by atoms with Gasteiger partial charge in [0.05, 0.1) is 0 Å². The summed E-state index contributed by atoms with van der Waals surface area (Å²) in [5.41, 5.74) is 3.19. The molecule has 1 aliphatic carbocycles. The maximum absolute atomic E-state index is 11.4. The molecule has 0 amide bonds. The van der Waals surface area contributed by atoms with Crippen LogP contribution in [0.2, 0.25) is 0 Å². The average molecular weight is 230 g/mol. The van der Waals surface area contributed by atoms with E-state index in [4.69, 9.17) is 9.47 Å². The summed E-state index contributed by atoms with van der Waals surface area (Å²) in [5.74, 6) is 0.620. The van der Waals surface area contributed by atoms with Crippen molar-refractivity contribution in [2.75, 3.05) is 6.61 Å². The molecule has 0 bridgehead atoms. The minimum Gasteiger partial charge on any atom is -0.430 e. The predicted molar refractivity (Wildman–Crippen MR) is 65.4 cm³/mol. The van der Waals surface area contributed by atoms with Crippen LogP contribution in [0.15, 0.2) is 42.5 Å². The molecular weight excluding hydrogens is 216 g/mol.